The molecule has 3 heterocycles. The van der Waals surface area contributed by atoms with Gasteiger partial charge in [-0.05, 0) is 37.1 Å². The summed E-state index contributed by atoms with van der Waals surface area (Å²) in [6, 6.07) is 8.42. The standard InChI is InChI=1S/C19H24N6S.HI/c1-4-16-6-7-17(26-16)13-24-19(20-3)23-12-15-5-8-18(22-11-15)25-10-9-21-14(25)2;/h5-11H,4,12-13H2,1-3H3,(H2,20,23,24);1H. The fourth-order valence-electron chi connectivity index (χ4n) is 2.57. The predicted molar refractivity (Wildman–Crippen MR) is 122 cm³/mol. The number of aromatic nitrogens is 3. The Balaban J connectivity index is 0.00000261. The molecule has 0 bridgehead atoms. The van der Waals surface area contributed by atoms with Gasteiger partial charge in [0.15, 0.2) is 5.96 Å². The van der Waals surface area contributed by atoms with E-state index in [1.54, 1.807) is 13.2 Å². The van der Waals surface area contributed by atoms with Crippen molar-refractivity contribution in [3.05, 3.63) is 64.0 Å². The van der Waals surface area contributed by atoms with Crippen molar-refractivity contribution in [3.63, 3.8) is 0 Å². The number of hydrogen-bond acceptors (Lipinski definition) is 4. The zero-order valence-electron chi connectivity index (χ0n) is 15.8. The average molecular weight is 496 g/mol. The van der Waals surface area contributed by atoms with Crippen LogP contribution < -0.4 is 10.6 Å². The van der Waals surface area contributed by atoms with E-state index >= 15 is 0 Å². The van der Waals surface area contributed by atoms with E-state index in [9.17, 15) is 0 Å². The van der Waals surface area contributed by atoms with Crippen molar-refractivity contribution in [1.82, 2.24) is 25.2 Å². The Hall–Kier alpha value is -1.94. The fraction of sp³-hybridized carbons (Fsp3) is 0.316. The minimum atomic E-state index is 0. The molecule has 0 aliphatic rings. The molecule has 0 unspecified atom stereocenters. The lowest BCUT2D eigenvalue weighted by atomic mass is 10.3. The van der Waals surface area contributed by atoms with Crippen LogP contribution in [0.3, 0.4) is 0 Å². The zero-order valence-corrected chi connectivity index (χ0v) is 18.9. The molecular weight excluding hydrogens is 471 g/mol. The molecule has 0 aliphatic heterocycles. The number of imidazole rings is 1. The van der Waals surface area contributed by atoms with Crippen LogP contribution in [-0.2, 0) is 19.5 Å². The van der Waals surface area contributed by atoms with Crippen LogP contribution in [-0.4, -0.2) is 27.5 Å². The molecule has 0 saturated heterocycles. The summed E-state index contributed by atoms with van der Waals surface area (Å²) in [5, 5.41) is 6.68. The van der Waals surface area contributed by atoms with E-state index in [0.29, 0.717) is 6.54 Å². The fourth-order valence-corrected chi connectivity index (χ4v) is 3.47. The minimum absolute atomic E-state index is 0. The Morgan fingerprint density at radius 1 is 1.11 bits per heavy atom. The van der Waals surface area contributed by atoms with Crippen molar-refractivity contribution in [2.24, 2.45) is 4.99 Å². The summed E-state index contributed by atoms with van der Waals surface area (Å²) in [5.74, 6) is 2.58. The highest BCUT2D eigenvalue weighted by molar-refractivity contribution is 14.0. The van der Waals surface area contributed by atoms with E-state index in [1.807, 2.05) is 41.3 Å². The van der Waals surface area contributed by atoms with Crippen molar-refractivity contribution in [1.29, 1.82) is 0 Å². The van der Waals surface area contributed by atoms with Gasteiger partial charge < -0.3 is 10.6 Å². The summed E-state index contributed by atoms with van der Waals surface area (Å²) < 4.78 is 1.96. The quantitative estimate of drug-likeness (QED) is 0.311. The average Bonchev–Trinajstić information content (AvgIpc) is 3.31. The van der Waals surface area contributed by atoms with Gasteiger partial charge in [-0.1, -0.05) is 13.0 Å². The topological polar surface area (TPSA) is 67.1 Å². The van der Waals surface area contributed by atoms with Gasteiger partial charge in [-0.2, -0.15) is 0 Å². The maximum atomic E-state index is 4.52. The third-order valence-corrected chi connectivity index (χ3v) is 5.29. The Kier molecular flexibility index (Phi) is 8.23. The van der Waals surface area contributed by atoms with Crippen molar-refractivity contribution in [2.75, 3.05) is 7.05 Å². The molecule has 3 aromatic heterocycles. The van der Waals surface area contributed by atoms with Gasteiger partial charge in [-0.15, -0.1) is 35.3 Å². The maximum absolute atomic E-state index is 4.52. The largest absolute Gasteiger partial charge is 0.352 e. The van der Waals surface area contributed by atoms with Crippen molar-refractivity contribution >= 4 is 41.3 Å². The predicted octanol–water partition coefficient (Wildman–Crippen LogP) is 3.68. The van der Waals surface area contributed by atoms with Gasteiger partial charge in [-0.25, -0.2) is 9.97 Å². The SMILES string of the molecule is CCc1ccc(CNC(=NC)NCc2ccc(-n3ccnc3C)nc2)s1.I. The molecule has 27 heavy (non-hydrogen) atoms. The first-order chi connectivity index (χ1) is 12.7. The second-order valence-corrected chi connectivity index (χ2v) is 7.12. The van der Waals surface area contributed by atoms with E-state index in [0.717, 1.165) is 36.1 Å². The van der Waals surface area contributed by atoms with Crippen LogP contribution in [0.2, 0.25) is 0 Å². The van der Waals surface area contributed by atoms with E-state index < -0.39 is 0 Å². The molecule has 0 spiro atoms. The summed E-state index contributed by atoms with van der Waals surface area (Å²) in [6.07, 6.45) is 6.65. The molecule has 0 amide bonds. The number of rotatable bonds is 6. The van der Waals surface area contributed by atoms with Crippen LogP contribution in [0.25, 0.3) is 5.82 Å². The number of thiophene rings is 1. The molecule has 0 atom stereocenters. The number of aliphatic imine (C=N–C) groups is 1. The molecule has 3 rings (SSSR count). The third-order valence-electron chi connectivity index (χ3n) is 4.06. The molecule has 0 saturated carbocycles. The minimum Gasteiger partial charge on any atom is -0.352 e. The number of pyridine rings is 1. The highest BCUT2D eigenvalue weighted by Gasteiger charge is 2.04. The van der Waals surface area contributed by atoms with Crippen LogP contribution in [0.15, 0.2) is 47.8 Å². The van der Waals surface area contributed by atoms with Gasteiger partial charge in [-0.3, -0.25) is 9.56 Å². The van der Waals surface area contributed by atoms with Crippen molar-refractivity contribution in [3.8, 4) is 5.82 Å². The summed E-state index contributed by atoms with van der Waals surface area (Å²) in [4.78, 5) is 15.7. The van der Waals surface area contributed by atoms with E-state index in [-0.39, 0.29) is 24.0 Å². The van der Waals surface area contributed by atoms with E-state index in [4.69, 9.17) is 0 Å². The van der Waals surface area contributed by atoms with Crippen molar-refractivity contribution in [2.45, 2.75) is 33.4 Å². The molecular formula is C19H25IN6S. The summed E-state index contributed by atoms with van der Waals surface area (Å²) in [6.45, 7) is 5.59. The van der Waals surface area contributed by atoms with Crippen LogP contribution >= 0.6 is 35.3 Å². The molecule has 6 nitrogen and oxygen atoms in total. The Morgan fingerprint density at radius 2 is 1.89 bits per heavy atom. The molecule has 144 valence electrons. The third kappa shape index (κ3) is 5.77. The van der Waals surface area contributed by atoms with Gasteiger partial charge in [0.25, 0.3) is 0 Å². The van der Waals surface area contributed by atoms with Gasteiger partial charge >= 0.3 is 0 Å². The highest BCUT2D eigenvalue weighted by Crippen LogP contribution is 2.16. The number of halogens is 1. The van der Waals surface area contributed by atoms with E-state index in [2.05, 4.69) is 50.7 Å². The highest BCUT2D eigenvalue weighted by atomic mass is 127. The molecule has 0 radical (unpaired) electrons. The second-order valence-electron chi connectivity index (χ2n) is 5.87. The van der Waals surface area contributed by atoms with Crippen molar-refractivity contribution < 1.29 is 0 Å². The summed E-state index contributed by atoms with van der Waals surface area (Å²) in [7, 11) is 1.78. The first-order valence-electron chi connectivity index (χ1n) is 8.67. The number of hydrogen-bond donors (Lipinski definition) is 2. The van der Waals surface area contributed by atoms with Crippen LogP contribution in [0, 0.1) is 6.92 Å². The molecule has 0 aromatic carbocycles. The monoisotopic (exact) mass is 496 g/mol. The normalized spacial score (nSPS) is 11.1. The van der Waals surface area contributed by atoms with Crippen LogP contribution in [0.5, 0.6) is 0 Å². The Morgan fingerprint density at radius 3 is 2.48 bits per heavy atom. The van der Waals surface area contributed by atoms with Crippen LogP contribution in [0.1, 0.15) is 28.1 Å². The summed E-state index contributed by atoms with van der Waals surface area (Å²) in [5.41, 5.74) is 1.10. The Labute approximate surface area is 181 Å². The number of nitrogens with zero attached hydrogens (tertiary/aromatic N) is 4. The molecule has 8 heteroatoms. The van der Waals surface area contributed by atoms with Crippen LogP contribution in [0.4, 0.5) is 0 Å². The molecule has 0 aliphatic carbocycles. The molecule has 3 aromatic rings. The van der Waals surface area contributed by atoms with Gasteiger partial charge in [0.1, 0.15) is 11.6 Å². The van der Waals surface area contributed by atoms with E-state index in [1.165, 1.54) is 9.75 Å². The Bertz CT molecular complexity index is 868. The van der Waals surface area contributed by atoms with Gasteiger partial charge in [0, 0.05) is 41.9 Å². The number of nitrogens with one attached hydrogen (secondary N) is 2. The number of aryl methyl sites for hydroxylation is 2. The lowest BCUT2D eigenvalue weighted by molar-refractivity contribution is 0.811. The van der Waals surface area contributed by atoms with Gasteiger partial charge in [0.05, 0.1) is 6.54 Å². The first kappa shape index (κ1) is 21.4. The lowest BCUT2D eigenvalue weighted by Gasteiger charge is -2.11. The first-order valence-corrected chi connectivity index (χ1v) is 9.48. The lowest BCUT2D eigenvalue weighted by Crippen LogP contribution is -2.36. The zero-order chi connectivity index (χ0) is 18.4. The maximum Gasteiger partial charge on any atom is 0.191 e. The smallest absolute Gasteiger partial charge is 0.191 e. The van der Waals surface area contributed by atoms with Gasteiger partial charge in [0.2, 0.25) is 0 Å². The summed E-state index contributed by atoms with van der Waals surface area (Å²) >= 11 is 1.84. The molecule has 0 fully saturated rings. The number of guanidine groups is 1. The molecule has 2 N–H and O–H groups in total. The second kappa shape index (κ2) is 10.4.